The molecule has 18 heavy (non-hydrogen) atoms. The fourth-order valence-corrected chi connectivity index (χ4v) is 1.91. The summed E-state index contributed by atoms with van der Waals surface area (Å²) in [7, 11) is 0. The number of aromatic nitrogens is 2. The van der Waals surface area contributed by atoms with Gasteiger partial charge in [0.1, 0.15) is 6.54 Å². The molecule has 0 amide bonds. The molecule has 0 aliphatic rings. The van der Waals surface area contributed by atoms with Crippen LogP contribution in [0.5, 0.6) is 0 Å². The van der Waals surface area contributed by atoms with Crippen LogP contribution in [0.15, 0.2) is 24.3 Å². The first-order chi connectivity index (χ1) is 8.49. The summed E-state index contributed by atoms with van der Waals surface area (Å²) < 4.78 is 1.78. The van der Waals surface area contributed by atoms with Crippen molar-refractivity contribution in [3.05, 3.63) is 52.3 Å². The largest absolute Gasteiger partial charge is 0.292 e. The lowest BCUT2D eigenvalue weighted by Crippen LogP contribution is -2.13. The predicted octanol–water partition coefficient (Wildman–Crippen LogP) is 3.00. The molecule has 0 atom stereocenters. The molecule has 0 saturated carbocycles. The Labute approximate surface area is 107 Å². The van der Waals surface area contributed by atoms with Crippen LogP contribution in [0.4, 0.5) is 0 Å². The Kier molecular flexibility index (Phi) is 3.32. The zero-order chi connectivity index (χ0) is 13.3. The molecule has 0 fully saturated rings. The van der Waals surface area contributed by atoms with Crippen molar-refractivity contribution in [2.75, 3.05) is 0 Å². The molecule has 0 radical (unpaired) electrons. The molecular weight excluding hydrogens is 224 g/mol. The second-order valence-electron chi connectivity index (χ2n) is 4.74. The Hall–Kier alpha value is -1.90. The highest BCUT2D eigenvalue weighted by atomic mass is 16.1. The maximum Gasteiger partial charge on any atom is 0.184 e. The standard InChI is InChI=1S/C15H18N2O/c1-10-5-7-14(8-6-10)15(18)9-17-13(4)11(2)12(3)16-17/h5-8H,9H2,1-4H3. The van der Waals surface area contributed by atoms with E-state index in [1.165, 1.54) is 0 Å². The molecule has 2 aromatic rings. The smallest absolute Gasteiger partial charge is 0.184 e. The number of Topliss-reactive ketones (excluding diaryl/α,β-unsaturated/α-hetero) is 1. The summed E-state index contributed by atoms with van der Waals surface area (Å²) in [4.78, 5) is 12.1. The SMILES string of the molecule is Cc1ccc(C(=O)Cn2nc(C)c(C)c2C)cc1. The van der Waals surface area contributed by atoms with Gasteiger partial charge in [0.15, 0.2) is 5.78 Å². The Morgan fingerprint density at radius 1 is 1.11 bits per heavy atom. The highest BCUT2D eigenvalue weighted by molar-refractivity contribution is 5.95. The lowest BCUT2D eigenvalue weighted by atomic mass is 10.1. The van der Waals surface area contributed by atoms with Crippen LogP contribution in [-0.4, -0.2) is 15.6 Å². The molecular formula is C15H18N2O. The lowest BCUT2D eigenvalue weighted by molar-refractivity contribution is 0.0966. The number of hydrogen-bond acceptors (Lipinski definition) is 2. The molecule has 0 unspecified atom stereocenters. The van der Waals surface area contributed by atoms with Crippen molar-refractivity contribution in [3.63, 3.8) is 0 Å². The van der Waals surface area contributed by atoms with Crippen molar-refractivity contribution >= 4 is 5.78 Å². The molecule has 1 aromatic heterocycles. The summed E-state index contributed by atoms with van der Waals surface area (Å²) in [6.07, 6.45) is 0. The number of carbonyl (C=O) groups is 1. The normalized spacial score (nSPS) is 10.7. The highest BCUT2D eigenvalue weighted by Gasteiger charge is 2.12. The van der Waals surface area contributed by atoms with E-state index in [9.17, 15) is 4.79 Å². The average Bonchev–Trinajstić information content (AvgIpc) is 2.58. The third kappa shape index (κ3) is 2.35. The van der Waals surface area contributed by atoms with Gasteiger partial charge in [-0.1, -0.05) is 29.8 Å². The van der Waals surface area contributed by atoms with Gasteiger partial charge in [0.05, 0.1) is 5.69 Å². The molecule has 0 N–H and O–H groups in total. The minimum atomic E-state index is 0.0978. The molecule has 3 heteroatoms. The van der Waals surface area contributed by atoms with E-state index in [1.54, 1.807) is 4.68 Å². The third-order valence-corrected chi connectivity index (χ3v) is 3.41. The van der Waals surface area contributed by atoms with E-state index in [4.69, 9.17) is 0 Å². The van der Waals surface area contributed by atoms with E-state index >= 15 is 0 Å². The quantitative estimate of drug-likeness (QED) is 0.775. The fraction of sp³-hybridized carbons (Fsp3) is 0.333. The zero-order valence-corrected chi connectivity index (χ0v) is 11.3. The van der Waals surface area contributed by atoms with Gasteiger partial charge in [0, 0.05) is 11.3 Å². The van der Waals surface area contributed by atoms with Crippen LogP contribution in [0.25, 0.3) is 0 Å². The van der Waals surface area contributed by atoms with Gasteiger partial charge in [-0.15, -0.1) is 0 Å². The first kappa shape index (κ1) is 12.6. The van der Waals surface area contributed by atoms with Crippen molar-refractivity contribution < 1.29 is 4.79 Å². The van der Waals surface area contributed by atoms with Crippen LogP contribution >= 0.6 is 0 Å². The van der Waals surface area contributed by atoms with Crippen LogP contribution in [0, 0.1) is 27.7 Å². The second-order valence-corrected chi connectivity index (χ2v) is 4.74. The topological polar surface area (TPSA) is 34.9 Å². The molecule has 0 spiro atoms. The summed E-state index contributed by atoms with van der Waals surface area (Å²) in [6, 6.07) is 7.66. The van der Waals surface area contributed by atoms with E-state index in [-0.39, 0.29) is 5.78 Å². The monoisotopic (exact) mass is 242 g/mol. The van der Waals surface area contributed by atoms with E-state index in [0.29, 0.717) is 6.54 Å². The van der Waals surface area contributed by atoms with Crippen LogP contribution in [0.1, 0.15) is 32.9 Å². The van der Waals surface area contributed by atoms with Crippen molar-refractivity contribution in [1.82, 2.24) is 9.78 Å². The molecule has 0 aliphatic heterocycles. The Morgan fingerprint density at radius 2 is 1.72 bits per heavy atom. The number of hydrogen-bond donors (Lipinski definition) is 0. The molecule has 94 valence electrons. The summed E-state index contributed by atoms with van der Waals surface area (Å²) in [5, 5.41) is 4.39. The Balaban J connectivity index is 2.21. The molecule has 1 aromatic carbocycles. The van der Waals surface area contributed by atoms with Gasteiger partial charge >= 0.3 is 0 Å². The fourth-order valence-electron chi connectivity index (χ4n) is 1.91. The first-order valence-corrected chi connectivity index (χ1v) is 6.09. The van der Waals surface area contributed by atoms with Gasteiger partial charge in [-0.3, -0.25) is 9.48 Å². The Morgan fingerprint density at radius 3 is 2.22 bits per heavy atom. The van der Waals surface area contributed by atoms with Gasteiger partial charge in [-0.05, 0) is 33.3 Å². The second kappa shape index (κ2) is 4.77. The van der Waals surface area contributed by atoms with E-state index in [1.807, 2.05) is 52.0 Å². The number of ketones is 1. The summed E-state index contributed by atoms with van der Waals surface area (Å²) in [6.45, 7) is 8.32. The predicted molar refractivity (Wildman–Crippen MR) is 71.9 cm³/mol. The highest BCUT2D eigenvalue weighted by Crippen LogP contribution is 2.12. The molecule has 0 aliphatic carbocycles. The Bertz CT molecular complexity index is 579. The molecule has 2 rings (SSSR count). The lowest BCUT2D eigenvalue weighted by Gasteiger charge is -2.04. The van der Waals surface area contributed by atoms with Gasteiger partial charge in [0.2, 0.25) is 0 Å². The third-order valence-electron chi connectivity index (χ3n) is 3.41. The number of rotatable bonds is 3. The van der Waals surface area contributed by atoms with E-state index < -0.39 is 0 Å². The minimum Gasteiger partial charge on any atom is -0.292 e. The maximum absolute atomic E-state index is 12.1. The molecule has 0 bridgehead atoms. The summed E-state index contributed by atoms with van der Waals surface area (Å²) in [5.74, 6) is 0.0978. The zero-order valence-electron chi connectivity index (χ0n) is 11.3. The maximum atomic E-state index is 12.1. The van der Waals surface area contributed by atoms with Crippen molar-refractivity contribution in [3.8, 4) is 0 Å². The van der Waals surface area contributed by atoms with E-state index in [0.717, 1.165) is 28.1 Å². The number of aryl methyl sites for hydroxylation is 2. The van der Waals surface area contributed by atoms with Crippen molar-refractivity contribution in [2.24, 2.45) is 0 Å². The van der Waals surface area contributed by atoms with Crippen molar-refractivity contribution in [1.29, 1.82) is 0 Å². The number of nitrogens with zero attached hydrogens (tertiary/aromatic N) is 2. The van der Waals surface area contributed by atoms with Gasteiger partial charge in [-0.2, -0.15) is 5.10 Å². The molecule has 0 saturated heterocycles. The summed E-state index contributed by atoms with van der Waals surface area (Å²) in [5.41, 5.74) is 5.11. The summed E-state index contributed by atoms with van der Waals surface area (Å²) >= 11 is 0. The van der Waals surface area contributed by atoms with Gasteiger partial charge in [0.25, 0.3) is 0 Å². The minimum absolute atomic E-state index is 0.0978. The molecule has 3 nitrogen and oxygen atoms in total. The number of carbonyl (C=O) groups excluding carboxylic acids is 1. The van der Waals surface area contributed by atoms with Gasteiger partial charge < -0.3 is 0 Å². The van der Waals surface area contributed by atoms with Crippen molar-refractivity contribution in [2.45, 2.75) is 34.2 Å². The van der Waals surface area contributed by atoms with Gasteiger partial charge in [-0.25, -0.2) is 0 Å². The average molecular weight is 242 g/mol. The van der Waals surface area contributed by atoms with Crippen LogP contribution in [0.3, 0.4) is 0 Å². The molecule has 1 heterocycles. The van der Waals surface area contributed by atoms with Crippen LogP contribution < -0.4 is 0 Å². The van der Waals surface area contributed by atoms with E-state index in [2.05, 4.69) is 5.10 Å². The van der Waals surface area contributed by atoms with Crippen LogP contribution in [0.2, 0.25) is 0 Å². The number of benzene rings is 1. The van der Waals surface area contributed by atoms with Crippen LogP contribution in [-0.2, 0) is 6.54 Å². The first-order valence-electron chi connectivity index (χ1n) is 6.09.